The van der Waals surface area contributed by atoms with Crippen molar-refractivity contribution in [2.45, 2.75) is 26.8 Å². The lowest BCUT2D eigenvalue weighted by molar-refractivity contribution is 0.594. The zero-order valence-electron chi connectivity index (χ0n) is 11.5. The van der Waals surface area contributed by atoms with Gasteiger partial charge in [0.1, 0.15) is 5.82 Å². The minimum atomic E-state index is -0.141. The number of halogens is 1. The van der Waals surface area contributed by atoms with Gasteiger partial charge in [0.05, 0.1) is 0 Å². The number of aryl methyl sites for hydroxylation is 1. The van der Waals surface area contributed by atoms with E-state index >= 15 is 0 Å². The molecule has 0 saturated heterocycles. The summed E-state index contributed by atoms with van der Waals surface area (Å²) in [6.45, 7) is 5.57. The Morgan fingerprint density at radius 2 is 1.63 bits per heavy atom. The van der Waals surface area contributed by atoms with Crippen molar-refractivity contribution in [2.24, 2.45) is 0 Å². The van der Waals surface area contributed by atoms with Crippen molar-refractivity contribution in [2.75, 3.05) is 6.54 Å². The summed E-state index contributed by atoms with van der Waals surface area (Å²) < 4.78 is 14.0. The van der Waals surface area contributed by atoms with Crippen LogP contribution in [0.15, 0.2) is 42.5 Å². The van der Waals surface area contributed by atoms with Crippen molar-refractivity contribution in [3.05, 3.63) is 59.4 Å². The second-order valence-corrected chi connectivity index (χ2v) is 4.64. The summed E-state index contributed by atoms with van der Waals surface area (Å²) in [5.74, 6) is -0.141. The van der Waals surface area contributed by atoms with Crippen LogP contribution >= 0.6 is 0 Å². The molecule has 2 heteroatoms. The van der Waals surface area contributed by atoms with Crippen LogP contribution in [0.2, 0.25) is 0 Å². The van der Waals surface area contributed by atoms with Crippen LogP contribution in [0.1, 0.15) is 25.0 Å². The molecule has 0 aliphatic heterocycles. The first-order chi connectivity index (χ1) is 9.24. The largest absolute Gasteiger partial charge is 0.313 e. The van der Waals surface area contributed by atoms with Crippen molar-refractivity contribution >= 4 is 0 Å². The minimum Gasteiger partial charge on any atom is -0.313 e. The standard InChI is InChI=1S/C17H20FN/c1-3-13-5-7-14(8-6-13)15-9-10-16(12-19-4-2)17(18)11-15/h5-11,19H,3-4,12H2,1-2H3. The molecule has 2 aromatic carbocycles. The van der Waals surface area contributed by atoms with Gasteiger partial charge in [-0.25, -0.2) is 4.39 Å². The molecule has 0 heterocycles. The molecule has 0 radical (unpaired) electrons. The SMILES string of the molecule is CCNCc1ccc(-c2ccc(CC)cc2)cc1F. The summed E-state index contributed by atoms with van der Waals surface area (Å²) in [4.78, 5) is 0. The predicted molar refractivity (Wildman–Crippen MR) is 78.6 cm³/mol. The fourth-order valence-electron chi connectivity index (χ4n) is 2.06. The van der Waals surface area contributed by atoms with Crippen LogP contribution in [0.3, 0.4) is 0 Å². The van der Waals surface area contributed by atoms with Gasteiger partial charge in [-0.15, -0.1) is 0 Å². The minimum absolute atomic E-state index is 0.141. The summed E-state index contributed by atoms with van der Waals surface area (Å²) in [5.41, 5.74) is 4.01. The van der Waals surface area contributed by atoms with E-state index in [9.17, 15) is 4.39 Å². The van der Waals surface area contributed by atoms with Crippen LogP contribution in [0.4, 0.5) is 4.39 Å². The molecule has 0 atom stereocenters. The average Bonchev–Trinajstić information content (AvgIpc) is 2.46. The van der Waals surface area contributed by atoms with E-state index in [1.165, 1.54) is 5.56 Å². The molecule has 0 spiro atoms. The van der Waals surface area contributed by atoms with Gasteiger partial charge in [-0.2, -0.15) is 0 Å². The van der Waals surface area contributed by atoms with Gasteiger partial charge < -0.3 is 5.32 Å². The number of hydrogen-bond acceptors (Lipinski definition) is 1. The first-order valence-corrected chi connectivity index (χ1v) is 6.83. The molecule has 2 rings (SSSR count). The van der Waals surface area contributed by atoms with Gasteiger partial charge in [0.25, 0.3) is 0 Å². The van der Waals surface area contributed by atoms with Crippen LogP contribution in [-0.4, -0.2) is 6.54 Å². The number of nitrogens with one attached hydrogen (secondary N) is 1. The Balaban J connectivity index is 2.22. The van der Waals surface area contributed by atoms with E-state index in [-0.39, 0.29) is 5.82 Å². The lowest BCUT2D eigenvalue weighted by Gasteiger charge is -2.07. The van der Waals surface area contributed by atoms with Gasteiger partial charge in [0.15, 0.2) is 0 Å². The van der Waals surface area contributed by atoms with Gasteiger partial charge in [-0.1, -0.05) is 50.2 Å². The van der Waals surface area contributed by atoms with E-state index in [1.807, 2.05) is 19.1 Å². The highest BCUT2D eigenvalue weighted by Gasteiger charge is 2.04. The predicted octanol–water partition coefficient (Wildman–Crippen LogP) is 4.16. The molecule has 0 amide bonds. The van der Waals surface area contributed by atoms with Gasteiger partial charge in [0, 0.05) is 12.1 Å². The van der Waals surface area contributed by atoms with E-state index in [2.05, 4.69) is 36.5 Å². The Morgan fingerprint density at radius 1 is 0.947 bits per heavy atom. The first-order valence-electron chi connectivity index (χ1n) is 6.83. The normalized spacial score (nSPS) is 10.7. The molecule has 0 saturated carbocycles. The molecule has 0 fully saturated rings. The third-order valence-corrected chi connectivity index (χ3v) is 3.31. The van der Waals surface area contributed by atoms with Crippen LogP contribution in [-0.2, 0) is 13.0 Å². The zero-order valence-corrected chi connectivity index (χ0v) is 11.5. The zero-order chi connectivity index (χ0) is 13.7. The van der Waals surface area contributed by atoms with Gasteiger partial charge in [-0.3, -0.25) is 0 Å². The topological polar surface area (TPSA) is 12.0 Å². The summed E-state index contributed by atoms with van der Waals surface area (Å²) >= 11 is 0. The van der Waals surface area contributed by atoms with Crippen LogP contribution in [0.5, 0.6) is 0 Å². The highest BCUT2D eigenvalue weighted by atomic mass is 19.1. The molecule has 1 N–H and O–H groups in total. The van der Waals surface area contributed by atoms with Crippen molar-refractivity contribution in [1.29, 1.82) is 0 Å². The van der Waals surface area contributed by atoms with Crippen molar-refractivity contribution in [3.8, 4) is 11.1 Å². The van der Waals surface area contributed by atoms with E-state index in [0.29, 0.717) is 6.54 Å². The Kier molecular flexibility index (Phi) is 4.69. The lowest BCUT2D eigenvalue weighted by atomic mass is 10.0. The molecular weight excluding hydrogens is 237 g/mol. The maximum atomic E-state index is 14.0. The quantitative estimate of drug-likeness (QED) is 0.848. The molecule has 0 aliphatic carbocycles. The third-order valence-electron chi connectivity index (χ3n) is 3.31. The Bertz CT molecular complexity index is 531. The van der Waals surface area contributed by atoms with Crippen molar-refractivity contribution in [1.82, 2.24) is 5.32 Å². The van der Waals surface area contributed by atoms with E-state index in [4.69, 9.17) is 0 Å². The summed E-state index contributed by atoms with van der Waals surface area (Å²) in [6.07, 6.45) is 1.02. The summed E-state index contributed by atoms with van der Waals surface area (Å²) in [6, 6.07) is 13.8. The molecule has 19 heavy (non-hydrogen) atoms. The Morgan fingerprint density at radius 3 is 2.21 bits per heavy atom. The molecule has 0 unspecified atom stereocenters. The molecule has 0 aliphatic rings. The maximum Gasteiger partial charge on any atom is 0.128 e. The molecule has 100 valence electrons. The number of benzene rings is 2. The van der Waals surface area contributed by atoms with E-state index < -0.39 is 0 Å². The fraction of sp³-hybridized carbons (Fsp3) is 0.294. The lowest BCUT2D eigenvalue weighted by Crippen LogP contribution is -2.12. The first kappa shape index (κ1) is 13.8. The molecular formula is C17H20FN. The molecule has 0 bridgehead atoms. The third kappa shape index (κ3) is 3.42. The number of hydrogen-bond donors (Lipinski definition) is 1. The summed E-state index contributed by atoms with van der Waals surface area (Å²) in [7, 11) is 0. The van der Waals surface area contributed by atoms with Gasteiger partial charge in [0.2, 0.25) is 0 Å². The fourth-order valence-corrected chi connectivity index (χ4v) is 2.06. The van der Waals surface area contributed by atoms with E-state index in [1.54, 1.807) is 6.07 Å². The van der Waals surface area contributed by atoms with Gasteiger partial charge in [-0.05, 0) is 35.7 Å². The van der Waals surface area contributed by atoms with Crippen molar-refractivity contribution in [3.63, 3.8) is 0 Å². The van der Waals surface area contributed by atoms with Gasteiger partial charge >= 0.3 is 0 Å². The molecule has 2 aromatic rings. The molecule has 0 aromatic heterocycles. The molecule has 1 nitrogen and oxygen atoms in total. The van der Waals surface area contributed by atoms with Crippen LogP contribution in [0.25, 0.3) is 11.1 Å². The summed E-state index contributed by atoms with van der Waals surface area (Å²) in [5, 5.41) is 3.14. The average molecular weight is 257 g/mol. The smallest absolute Gasteiger partial charge is 0.128 e. The van der Waals surface area contributed by atoms with Crippen molar-refractivity contribution < 1.29 is 4.39 Å². The second kappa shape index (κ2) is 6.48. The highest BCUT2D eigenvalue weighted by Crippen LogP contribution is 2.22. The Labute approximate surface area is 114 Å². The number of rotatable bonds is 5. The van der Waals surface area contributed by atoms with Crippen LogP contribution < -0.4 is 5.32 Å². The monoisotopic (exact) mass is 257 g/mol. The Hall–Kier alpha value is -1.67. The van der Waals surface area contributed by atoms with Crippen LogP contribution in [0, 0.1) is 5.82 Å². The maximum absolute atomic E-state index is 14.0. The highest BCUT2D eigenvalue weighted by molar-refractivity contribution is 5.64. The van der Waals surface area contributed by atoms with E-state index in [0.717, 1.165) is 29.7 Å². The second-order valence-electron chi connectivity index (χ2n) is 4.64.